The second-order valence-electron chi connectivity index (χ2n) is 6.84. The van der Waals surface area contributed by atoms with Crippen molar-refractivity contribution in [1.29, 1.82) is 5.26 Å². The van der Waals surface area contributed by atoms with Crippen molar-refractivity contribution in [1.82, 2.24) is 10.2 Å². The first kappa shape index (κ1) is 18.8. The Kier molecular flexibility index (Phi) is 6.40. The van der Waals surface area contributed by atoms with Gasteiger partial charge in [0.05, 0.1) is 19.1 Å². The van der Waals surface area contributed by atoms with Crippen LogP contribution in [0.1, 0.15) is 32.3 Å². The molecule has 2 rings (SSSR count). The Morgan fingerprint density at radius 1 is 1.40 bits per heavy atom. The molecule has 0 unspecified atom stereocenters. The quantitative estimate of drug-likeness (QED) is 0.822. The maximum absolute atomic E-state index is 12.4. The summed E-state index contributed by atoms with van der Waals surface area (Å²) in [6, 6.07) is 9.14. The van der Waals surface area contributed by atoms with Crippen LogP contribution in [0.2, 0.25) is 0 Å². The van der Waals surface area contributed by atoms with Gasteiger partial charge in [-0.05, 0) is 30.0 Å². The van der Waals surface area contributed by atoms with Crippen LogP contribution in [0.4, 0.5) is 0 Å². The molecule has 2 atom stereocenters. The van der Waals surface area contributed by atoms with Gasteiger partial charge in [0.25, 0.3) is 0 Å². The number of likely N-dealkylation sites (tertiary alicyclic amines) is 1. The summed E-state index contributed by atoms with van der Waals surface area (Å²) >= 11 is 0. The smallest absolute Gasteiger partial charge is 0.226 e. The van der Waals surface area contributed by atoms with Crippen LogP contribution in [-0.4, -0.2) is 36.4 Å². The molecule has 1 fully saturated rings. The number of amides is 2. The number of hydrogen-bond donors (Lipinski definition) is 1. The van der Waals surface area contributed by atoms with Crippen molar-refractivity contribution in [2.24, 2.45) is 11.8 Å². The number of benzene rings is 1. The zero-order chi connectivity index (χ0) is 18.4. The SMILES string of the molecule is COc1ccc(CN2C[C@H](C(=O)N[C@H](C#N)CC(C)C)CC2=O)cc1. The third kappa shape index (κ3) is 5.21. The van der Waals surface area contributed by atoms with E-state index < -0.39 is 12.0 Å². The molecule has 1 aromatic rings. The maximum atomic E-state index is 12.4. The molecule has 0 saturated carbocycles. The summed E-state index contributed by atoms with van der Waals surface area (Å²) < 4.78 is 5.12. The van der Waals surface area contributed by atoms with Gasteiger partial charge in [0.2, 0.25) is 11.8 Å². The molecule has 0 aromatic heterocycles. The Hall–Kier alpha value is -2.55. The predicted molar refractivity (Wildman–Crippen MR) is 93.5 cm³/mol. The molecule has 6 nitrogen and oxygen atoms in total. The molecule has 0 bridgehead atoms. The fraction of sp³-hybridized carbons (Fsp3) is 0.526. The molecule has 1 aromatic carbocycles. The summed E-state index contributed by atoms with van der Waals surface area (Å²) in [6.45, 7) is 4.87. The van der Waals surface area contributed by atoms with Crippen molar-refractivity contribution in [2.75, 3.05) is 13.7 Å². The fourth-order valence-electron chi connectivity index (χ4n) is 2.96. The van der Waals surface area contributed by atoms with Crippen LogP contribution in [0.15, 0.2) is 24.3 Å². The lowest BCUT2D eigenvalue weighted by Crippen LogP contribution is -2.39. The standard InChI is InChI=1S/C19H25N3O3/c1-13(2)8-16(10-20)21-19(24)15-9-18(23)22(12-15)11-14-4-6-17(25-3)7-5-14/h4-7,13,15-16H,8-9,11-12H2,1-3H3,(H,21,24)/t15-,16+/m1/s1. The number of carbonyl (C=O) groups excluding carboxylic acids is 2. The molecule has 2 amide bonds. The van der Waals surface area contributed by atoms with Gasteiger partial charge in [0.1, 0.15) is 11.8 Å². The zero-order valence-electron chi connectivity index (χ0n) is 15.0. The number of methoxy groups -OCH3 is 1. The van der Waals surface area contributed by atoms with E-state index in [-0.39, 0.29) is 18.2 Å². The van der Waals surface area contributed by atoms with E-state index in [0.717, 1.165) is 11.3 Å². The van der Waals surface area contributed by atoms with E-state index in [1.54, 1.807) is 12.0 Å². The van der Waals surface area contributed by atoms with Crippen molar-refractivity contribution >= 4 is 11.8 Å². The van der Waals surface area contributed by atoms with Gasteiger partial charge in [-0.1, -0.05) is 26.0 Å². The third-order valence-corrected chi connectivity index (χ3v) is 4.30. The van der Waals surface area contributed by atoms with Gasteiger partial charge >= 0.3 is 0 Å². The van der Waals surface area contributed by atoms with E-state index in [2.05, 4.69) is 11.4 Å². The molecule has 1 N–H and O–H groups in total. The normalized spacial score (nSPS) is 18.1. The topological polar surface area (TPSA) is 82.4 Å². The van der Waals surface area contributed by atoms with E-state index in [9.17, 15) is 9.59 Å². The summed E-state index contributed by atoms with van der Waals surface area (Å²) in [6.07, 6.45) is 0.806. The summed E-state index contributed by atoms with van der Waals surface area (Å²) in [4.78, 5) is 26.3. The number of nitriles is 1. The molecule has 0 spiro atoms. The highest BCUT2D eigenvalue weighted by molar-refractivity contribution is 5.89. The Morgan fingerprint density at radius 3 is 2.64 bits per heavy atom. The van der Waals surface area contributed by atoms with Crippen LogP contribution < -0.4 is 10.1 Å². The first-order chi connectivity index (χ1) is 11.9. The lowest BCUT2D eigenvalue weighted by atomic mass is 10.0. The summed E-state index contributed by atoms with van der Waals surface area (Å²) in [5, 5.41) is 11.9. The van der Waals surface area contributed by atoms with Crippen molar-refractivity contribution in [3.05, 3.63) is 29.8 Å². The Balaban J connectivity index is 1.92. The molecule has 1 aliphatic heterocycles. The number of rotatable bonds is 7. The van der Waals surface area contributed by atoms with Gasteiger partial charge in [0.15, 0.2) is 0 Å². The number of carbonyl (C=O) groups is 2. The minimum Gasteiger partial charge on any atom is -0.497 e. The predicted octanol–water partition coefficient (Wildman–Crippen LogP) is 2.10. The molecule has 25 heavy (non-hydrogen) atoms. The first-order valence-corrected chi connectivity index (χ1v) is 8.53. The van der Waals surface area contributed by atoms with E-state index in [0.29, 0.717) is 25.4 Å². The molecular formula is C19H25N3O3. The fourth-order valence-corrected chi connectivity index (χ4v) is 2.96. The number of nitrogens with zero attached hydrogens (tertiary/aromatic N) is 2. The molecule has 0 aliphatic carbocycles. The minimum atomic E-state index is -0.502. The van der Waals surface area contributed by atoms with Gasteiger partial charge in [-0.25, -0.2) is 0 Å². The molecule has 0 radical (unpaired) electrons. The van der Waals surface area contributed by atoms with Crippen LogP contribution in [0, 0.1) is 23.2 Å². The van der Waals surface area contributed by atoms with Crippen LogP contribution in [0.3, 0.4) is 0 Å². The van der Waals surface area contributed by atoms with Gasteiger partial charge in [-0.3, -0.25) is 9.59 Å². The molecule has 6 heteroatoms. The van der Waals surface area contributed by atoms with E-state index in [1.165, 1.54) is 0 Å². The Bertz CT molecular complexity index is 649. The van der Waals surface area contributed by atoms with E-state index >= 15 is 0 Å². The van der Waals surface area contributed by atoms with E-state index in [4.69, 9.17) is 10.00 Å². The van der Waals surface area contributed by atoms with Gasteiger partial charge in [-0.15, -0.1) is 0 Å². The summed E-state index contributed by atoms with van der Waals surface area (Å²) in [5.41, 5.74) is 0.991. The Labute approximate surface area is 148 Å². The molecule has 134 valence electrons. The molecule has 1 saturated heterocycles. The highest BCUT2D eigenvalue weighted by Crippen LogP contribution is 2.22. The lowest BCUT2D eigenvalue weighted by Gasteiger charge is -2.18. The van der Waals surface area contributed by atoms with Gasteiger partial charge in [-0.2, -0.15) is 5.26 Å². The van der Waals surface area contributed by atoms with E-state index in [1.807, 2.05) is 38.1 Å². The van der Waals surface area contributed by atoms with Crippen molar-refractivity contribution < 1.29 is 14.3 Å². The van der Waals surface area contributed by atoms with Crippen LogP contribution in [0.25, 0.3) is 0 Å². The number of hydrogen-bond acceptors (Lipinski definition) is 4. The lowest BCUT2D eigenvalue weighted by molar-refractivity contribution is -0.129. The third-order valence-electron chi connectivity index (χ3n) is 4.30. The Morgan fingerprint density at radius 2 is 2.08 bits per heavy atom. The van der Waals surface area contributed by atoms with Gasteiger partial charge < -0.3 is 15.0 Å². The molecular weight excluding hydrogens is 318 g/mol. The average Bonchev–Trinajstić information content (AvgIpc) is 2.95. The highest BCUT2D eigenvalue weighted by atomic mass is 16.5. The number of nitrogens with one attached hydrogen (secondary N) is 1. The largest absolute Gasteiger partial charge is 0.497 e. The van der Waals surface area contributed by atoms with Crippen molar-refractivity contribution in [2.45, 2.75) is 39.3 Å². The monoisotopic (exact) mass is 343 g/mol. The zero-order valence-corrected chi connectivity index (χ0v) is 15.0. The average molecular weight is 343 g/mol. The van der Waals surface area contributed by atoms with Crippen molar-refractivity contribution in [3.63, 3.8) is 0 Å². The summed E-state index contributed by atoms with van der Waals surface area (Å²) in [5.74, 6) is 0.447. The number of ether oxygens (including phenoxy) is 1. The summed E-state index contributed by atoms with van der Waals surface area (Å²) in [7, 11) is 1.61. The maximum Gasteiger partial charge on any atom is 0.226 e. The van der Waals surface area contributed by atoms with Gasteiger partial charge in [0, 0.05) is 19.5 Å². The second-order valence-corrected chi connectivity index (χ2v) is 6.84. The van der Waals surface area contributed by atoms with Crippen LogP contribution in [0.5, 0.6) is 5.75 Å². The molecule has 1 heterocycles. The molecule has 1 aliphatic rings. The highest BCUT2D eigenvalue weighted by Gasteiger charge is 2.35. The van der Waals surface area contributed by atoms with Crippen LogP contribution in [-0.2, 0) is 16.1 Å². The minimum absolute atomic E-state index is 0.0339. The first-order valence-electron chi connectivity index (χ1n) is 8.53. The second kappa shape index (κ2) is 8.52. The van der Waals surface area contributed by atoms with Crippen LogP contribution >= 0.6 is 0 Å². The van der Waals surface area contributed by atoms with Crippen molar-refractivity contribution in [3.8, 4) is 11.8 Å².